The summed E-state index contributed by atoms with van der Waals surface area (Å²) in [5.41, 5.74) is 4.67. The molecule has 1 aliphatic heterocycles. The Hall–Kier alpha value is -3.25. The van der Waals surface area contributed by atoms with E-state index in [1.807, 2.05) is 24.4 Å². The zero-order valence-corrected chi connectivity index (χ0v) is 21.8. The second-order valence-electron chi connectivity index (χ2n) is 10.8. The summed E-state index contributed by atoms with van der Waals surface area (Å²) in [6.45, 7) is 3.64. The van der Waals surface area contributed by atoms with Crippen molar-refractivity contribution in [1.29, 1.82) is 0 Å². The zero-order valence-electron chi connectivity index (χ0n) is 21.8. The van der Waals surface area contributed by atoms with Gasteiger partial charge in [0, 0.05) is 6.42 Å². The van der Waals surface area contributed by atoms with E-state index in [9.17, 15) is 9.59 Å². The highest BCUT2D eigenvalue weighted by Crippen LogP contribution is 2.51. The van der Waals surface area contributed by atoms with Crippen LogP contribution in [0.25, 0.3) is 11.3 Å². The van der Waals surface area contributed by atoms with Crippen molar-refractivity contribution >= 4 is 11.7 Å². The van der Waals surface area contributed by atoms with E-state index >= 15 is 0 Å². The van der Waals surface area contributed by atoms with Crippen LogP contribution in [0.3, 0.4) is 0 Å². The van der Waals surface area contributed by atoms with Crippen LogP contribution in [-0.2, 0) is 15.0 Å². The molecule has 2 aliphatic rings. The number of Topliss-reactive ketones (excluding diaryl/α,β-unsaturated/α-hetero) is 1. The Labute approximate surface area is 219 Å². The molecular formula is C31H38N4O2. The maximum atomic E-state index is 13.9. The SMILES string of the molecule is CC(=O)CCCCC[C@H](NC(=O)C1CC2(CCNCC2)c2ccccc21)c1ncc(-c2ccccc2)[nH]1. The fourth-order valence-corrected chi connectivity index (χ4v) is 6.23. The van der Waals surface area contributed by atoms with Crippen molar-refractivity contribution in [3.05, 3.63) is 77.7 Å². The van der Waals surface area contributed by atoms with Gasteiger partial charge in [0.25, 0.3) is 0 Å². The lowest BCUT2D eigenvalue weighted by Gasteiger charge is -2.35. The molecule has 1 aliphatic carbocycles. The van der Waals surface area contributed by atoms with Crippen LogP contribution < -0.4 is 10.6 Å². The highest BCUT2D eigenvalue weighted by molar-refractivity contribution is 5.86. The van der Waals surface area contributed by atoms with E-state index in [4.69, 9.17) is 4.98 Å². The summed E-state index contributed by atoms with van der Waals surface area (Å²) in [4.78, 5) is 33.4. The van der Waals surface area contributed by atoms with Gasteiger partial charge in [0.1, 0.15) is 11.6 Å². The van der Waals surface area contributed by atoms with Crippen LogP contribution in [-0.4, -0.2) is 34.7 Å². The third kappa shape index (κ3) is 5.69. The molecule has 2 heterocycles. The van der Waals surface area contributed by atoms with Crippen LogP contribution in [0.1, 0.15) is 87.2 Å². The number of nitrogens with zero attached hydrogens (tertiary/aromatic N) is 1. The van der Waals surface area contributed by atoms with E-state index in [0.29, 0.717) is 6.42 Å². The molecule has 6 nitrogen and oxygen atoms in total. The second kappa shape index (κ2) is 11.4. The maximum Gasteiger partial charge on any atom is 0.228 e. The van der Waals surface area contributed by atoms with Gasteiger partial charge in [-0.25, -0.2) is 4.98 Å². The van der Waals surface area contributed by atoms with Crippen molar-refractivity contribution in [1.82, 2.24) is 20.6 Å². The van der Waals surface area contributed by atoms with Gasteiger partial charge in [0.15, 0.2) is 0 Å². The minimum absolute atomic E-state index is 0.0919. The zero-order chi connectivity index (χ0) is 25.7. The van der Waals surface area contributed by atoms with Crippen molar-refractivity contribution in [2.45, 2.75) is 75.7 Å². The van der Waals surface area contributed by atoms with E-state index < -0.39 is 0 Å². The van der Waals surface area contributed by atoms with E-state index in [-0.39, 0.29) is 29.1 Å². The largest absolute Gasteiger partial charge is 0.346 e. The number of aromatic nitrogens is 2. The lowest BCUT2D eigenvalue weighted by atomic mass is 9.74. The molecule has 37 heavy (non-hydrogen) atoms. The van der Waals surface area contributed by atoms with Gasteiger partial charge in [-0.15, -0.1) is 0 Å². The lowest BCUT2D eigenvalue weighted by molar-refractivity contribution is -0.123. The van der Waals surface area contributed by atoms with E-state index in [0.717, 1.165) is 75.1 Å². The van der Waals surface area contributed by atoms with Crippen molar-refractivity contribution < 1.29 is 9.59 Å². The Morgan fingerprint density at radius 1 is 1.03 bits per heavy atom. The Bertz CT molecular complexity index is 1210. The summed E-state index contributed by atoms with van der Waals surface area (Å²) in [6.07, 6.45) is 9.05. The molecule has 3 N–H and O–H groups in total. The van der Waals surface area contributed by atoms with Crippen molar-refractivity contribution in [2.24, 2.45) is 0 Å². The molecule has 1 unspecified atom stereocenters. The number of rotatable bonds is 10. The Kier molecular flexibility index (Phi) is 7.85. The van der Waals surface area contributed by atoms with Crippen LogP contribution in [0.2, 0.25) is 0 Å². The molecule has 6 heteroatoms. The minimum atomic E-state index is -0.195. The second-order valence-corrected chi connectivity index (χ2v) is 10.8. The molecule has 0 bridgehead atoms. The molecule has 1 saturated heterocycles. The first kappa shape index (κ1) is 25.4. The number of benzene rings is 2. The van der Waals surface area contributed by atoms with Crippen molar-refractivity contribution in [3.63, 3.8) is 0 Å². The molecule has 1 spiro atoms. The summed E-state index contributed by atoms with van der Waals surface area (Å²) >= 11 is 0. The first-order valence-electron chi connectivity index (χ1n) is 13.8. The molecule has 5 rings (SSSR count). The fourth-order valence-electron chi connectivity index (χ4n) is 6.23. The molecule has 194 valence electrons. The molecule has 0 radical (unpaired) electrons. The van der Waals surface area contributed by atoms with Crippen LogP contribution >= 0.6 is 0 Å². The lowest BCUT2D eigenvalue weighted by Crippen LogP contribution is -2.39. The summed E-state index contributed by atoms with van der Waals surface area (Å²) in [7, 11) is 0. The first-order valence-corrected chi connectivity index (χ1v) is 13.8. The average Bonchev–Trinajstić information content (AvgIpc) is 3.53. The summed E-state index contributed by atoms with van der Waals surface area (Å²) < 4.78 is 0. The van der Waals surface area contributed by atoms with Gasteiger partial charge in [-0.2, -0.15) is 0 Å². The Morgan fingerprint density at radius 3 is 2.57 bits per heavy atom. The number of carbonyl (C=O) groups excluding carboxylic acids is 2. The number of ketones is 1. The van der Waals surface area contributed by atoms with Crippen molar-refractivity contribution in [3.8, 4) is 11.3 Å². The van der Waals surface area contributed by atoms with Crippen LogP contribution in [0.15, 0.2) is 60.8 Å². The van der Waals surface area contributed by atoms with Gasteiger partial charge < -0.3 is 20.4 Å². The number of carbonyl (C=O) groups is 2. The summed E-state index contributed by atoms with van der Waals surface area (Å²) in [5, 5.41) is 6.87. The maximum absolute atomic E-state index is 13.9. The van der Waals surface area contributed by atoms with E-state index in [2.05, 4.69) is 52.0 Å². The van der Waals surface area contributed by atoms with Crippen LogP contribution in [0.5, 0.6) is 0 Å². The fraction of sp³-hybridized carbons (Fsp3) is 0.452. The highest BCUT2D eigenvalue weighted by atomic mass is 16.2. The minimum Gasteiger partial charge on any atom is -0.346 e. The monoisotopic (exact) mass is 498 g/mol. The van der Waals surface area contributed by atoms with Crippen molar-refractivity contribution in [2.75, 3.05) is 13.1 Å². The van der Waals surface area contributed by atoms with E-state index in [1.165, 1.54) is 11.1 Å². The van der Waals surface area contributed by atoms with E-state index in [1.54, 1.807) is 6.92 Å². The number of amides is 1. The number of piperidine rings is 1. The quantitative estimate of drug-likeness (QED) is 0.318. The number of imidazole rings is 1. The number of unbranched alkanes of at least 4 members (excludes halogenated alkanes) is 2. The van der Waals surface area contributed by atoms with Gasteiger partial charge in [-0.1, -0.05) is 67.4 Å². The number of H-pyrrole nitrogens is 1. The third-order valence-corrected chi connectivity index (χ3v) is 8.23. The predicted octanol–water partition coefficient (Wildman–Crippen LogP) is 5.58. The summed E-state index contributed by atoms with van der Waals surface area (Å²) in [6, 6.07) is 18.5. The molecule has 1 aromatic heterocycles. The van der Waals surface area contributed by atoms with Gasteiger partial charge in [-0.05, 0) is 74.2 Å². The number of hydrogen-bond acceptors (Lipinski definition) is 4. The molecule has 1 amide bonds. The smallest absolute Gasteiger partial charge is 0.228 e. The number of fused-ring (bicyclic) bond motifs is 2. The highest BCUT2D eigenvalue weighted by Gasteiger charge is 2.46. The molecular weight excluding hydrogens is 460 g/mol. The van der Waals surface area contributed by atoms with Gasteiger partial charge in [-0.3, -0.25) is 4.79 Å². The van der Waals surface area contributed by atoms with Gasteiger partial charge in [0.2, 0.25) is 5.91 Å². The van der Waals surface area contributed by atoms with Gasteiger partial charge in [0.05, 0.1) is 23.9 Å². The number of hydrogen-bond donors (Lipinski definition) is 3. The predicted molar refractivity (Wildman–Crippen MR) is 146 cm³/mol. The Morgan fingerprint density at radius 2 is 1.78 bits per heavy atom. The molecule has 3 aromatic rings. The molecule has 2 atom stereocenters. The third-order valence-electron chi connectivity index (χ3n) is 8.23. The Balaban J connectivity index is 1.34. The van der Waals surface area contributed by atoms with Crippen LogP contribution in [0.4, 0.5) is 0 Å². The molecule has 0 saturated carbocycles. The van der Waals surface area contributed by atoms with Crippen LogP contribution in [0, 0.1) is 0 Å². The topological polar surface area (TPSA) is 86.9 Å². The normalized spacial score (nSPS) is 18.9. The molecule has 1 fully saturated rings. The standard InChI is InChI=1S/C31H38N4O2/c1-22(36)10-4-2-7-15-27(29-33-21-28(34-29)23-11-5-3-6-12-23)35-30(37)25-20-31(16-18-32-19-17-31)26-14-9-8-13-24(25)26/h3,5-6,8-9,11-14,21,25,27,32H,2,4,7,10,15-20H2,1H3,(H,33,34)(H,35,37)/t25?,27-/m0/s1. The average molecular weight is 499 g/mol. The number of aromatic amines is 1. The first-order chi connectivity index (χ1) is 18.1. The summed E-state index contributed by atoms with van der Waals surface area (Å²) in [5.74, 6) is 0.976. The number of nitrogens with one attached hydrogen (secondary N) is 3. The molecule has 2 aromatic carbocycles. The van der Waals surface area contributed by atoms with Gasteiger partial charge >= 0.3 is 0 Å².